The first-order valence-electron chi connectivity index (χ1n) is 15.1. The topological polar surface area (TPSA) is 116 Å². The molecule has 0 spiro atoms. The number of rotatable bonds is 8. The highest BCUT2D eigenvalue weighted by Crippen LogP contribution is 2.41. The van der Waals surface area contributed by atoms with Crippen LogP contribution in [-0.2, 0) is 19.1 Å². The zero-order valence-corrected chi connectivity index (χ0v) is 27.1. The van der Waals surface area contributed by atoms with E-state index in [0.717, 1.165) is 11.1 Å². The largest absolute Gasteiger partial charge is 0.480 e. The fraction of sp³-hybridized carbons (Fsp3) is 0.529. The molecule has 0 bridgehead atoms. The number of hydrogen-bond donors (Lipinski definition) is 2. The Kier molecular flexibility index (Phi) is 11.0. The molecule has 0 aromatic heterocycles. The molecule has 0 unspecified atom stereocenters. The van der Waals surface area contributed by atoms with Crippen molar-refractivity contribution < 1.29 is 37.8 Å². The van der Waals surface area contributed by atoms with Crippen LogP contribution in [0.2, 0.25) is 0 Å². The van der Waals surface area contributed by atoms with E-state index in [9.17, 15) is 33.1 Å². The quantitative estimate of drug-likeness (QED) is 0.361. The van der Waals surface area contributed by atoms with E-state index in [1.165, 1.54) is 11.8 Å². The van der Waals surface area contributed by atoms with Crippen molar-refractivity contribution in [2.45, 2.75) is 71.7 Å². The van der Waals surface area contributed by atoms with E-state index >= 15 is 0 Å². The SMILES string of the molecule is C[C@H](c1ccccc1)N1C[C@H](CF)[C@](C)(C(=O)O)C1=O.C[C@H](c1ccccc1)N1C[C@H](CF)[C@](C)(NC(=O)OC(C)(C)C)C1=O. The number of aliphatic carboxylic acids is 1. The molecule has 2 fully saturated rings. The lowest BCUT2D eigenvalue weighted by atomic mass is 9.80. The molecule has 2 N–H and O–H groups in total. The molecule has 9 nitrogen and oxygen atoms in total. The lowest BCUT2D eigenvalue weighted by molar-refractivity contribution is -0.157. The Morgan fingerprint density at radius 3 is 1.67 bits per heavy atom. The summed E-state index contributed by atoms with van der Waals surface area (Å²) in [6, 6.07) is 18.4. The summed E-state index contributed by atoms with van der Waals surface area (Å²) in [6.45, 7) is 10.7. The first-order valence-corrected chi connectivity index (χ1v) is 15.1. The van der Waals surface area contributed by atoms with Crippen LogP contribution in [0, 0.1) is 17.3 Å². The Morgan fingerprint density at radius 2 is 1.29 bits per heavy atom. The van der Waals surface area contributed by atoms with Crippen LogP contribution in [0.1, 0.15) is 71.7 Å². The van der Waals surface area contributed by atoms with Gasteiger partial charge in [-0.1, -0.05) is 60.7 Å². The zero-order valence-electron chi connectivity index (χ0n) is 27.1. The second kappa shape index (κ2) is 14.0. The monoisotopic (exact) mass is 629 g/mol. The third-order valence-electron chi connectivity index (χ3n) is 8.95. The summed E-state index contributed by atoms with van der Waals surface area (Å²) in [6.07, 6.45) is -0.712. The summed E-state index contributed by atoms with van der Waals surface area (Å²) in [5.41, 5.74) is -1.80. The predicted molar refractivity (Wildman–Crippen MR) is 166 cm³/mol. The molecule has 11 heteroatoms. The number of nitrogens with zero attached hydrogens (tertiary/aromatic N) is 2. The number of carboxylic acid groups (broad SMARTS) is 1. The number of alkyl carbamates (subject to hydrolysis) is 1. The highest BCUT2D eigenvalue weighted by atomic mass is 19.1. The fourth-order valence-electron chi connectivity index (χ4n) is 5.79. The van der Waals surface area contributed by atoms with Crippen LogP contribution >= 0.6 is 0 Å². The van der Waals surface area contributed by atoms with Gasteiger partial charge in [0, 0.05) is 24.9 Å². The number of carboxylic acids is 1. The van der Waals surface area contributed by atoms with Crippen molar-refractivity contribution in [3.05, 3.63) is 71.8 Å². The van der Waals surface area contributed by atoms with Gasteiger partial charge in [0.2, 0.25) is 11.8 Å². The number of likely N-dealkylation sites (tertiary alicyclic amines) is 2. The van der Waals surface area contributed by atoms with Crippen LogP contribution in [0.3, 0.4) is 0 Å². The molecule has 0 radical (unpaired) electrons. The van der Waals surface area contributed by atoms with Crippen LogP contribution < -0.4 is 5.32 Å². The molecule has 0 saturated carbocycles. The number of nitrogens with one attached hydrogen (secondary N) is 1. The Balaban J connectivity index is 0.000000251. The highest BCUT2D eigenvalue weighted by molar-refractivity contribution is 6.03. The summed E-state index contributed by atoms with van der Waals surface area (Å²) in [5.74, 6) is -3.49. The molecule has 2 aliphatic heterocycles. The smallest absolute Gasteiger partial charge is 0.408 e. The fourth-order valence-corrected chi connectivity index (χ4v) is 5.79. The minimum atomic E-state index is -1.67. The Labute approximate surface area is 263 Å². The Hall–Kier alpha value is -4.02. The van der Waals surface area contributed by atoms with E-state index in [-0.39, 0.29) is 31.1 Å². The van der Waals surface area contributed by atoms with Crippen molar-refractivity contribution in [3.8, 4) is 0 Å². The van der Waals surface area contributed by atoms with Gasteiger partial charge in [-0.2, -0.15) is 0 Å². The van der Waals surface area contributed by atoms with Gasteiger partial charge in [0.25, 0.3) is 0 Å². The van der Waals surface area contributed by atoms with Crippen LogP contribution in [0.5, 0.6) is 0 Å². The van der Waals surface area contributed by atoms with Gasteiger partial charge in [-0.25, -0.2) is 4.79 Å². The van der Waals surface area contributed by atoms with E-state index in [1.807, 2.05) is 74.5 Å². The molecule has 2 aromatic carbocycles. The molecule has 4 rings (SSSR count). The molecule has 45 heavy (non-hydrogen) atoms. The number of amides is 3. The van der Waals surface area contributed by atoms with Crippen LogP contribution in [0.25, 0.3) is 0 Å². The summed E-state index contributed by atoms with van der Waals surface area (Å²) in [5, 5.41) is 11.9. The third-order valence-corrected chi connectivity index (χ3v) is 8.95. The molecule has 6 atom stereocenters. The summed E-state index contributed by atoms with van der Waals surface area (Å²) in [7, 11) is 0. The van der Waals surface area contributed by atoms with Crippen molar-refractivity contribution in [1.82, 2.24) is 15.1 Å². The van der Waals surface area contributed by atoms with E-state index in [4.69, 9.17) is 4.74 Å². The number of halogens is 2. The minimum absolute atomic E-state index is 0.133. The second-order valence-corrected chi connectivity index (χ2v) is 13.1. The number of alkyl halides is 2. The van der Waals surface area contributed by atoms with Gasteiger partial charge in [-0.3, -0.25) is 23.2 Å². The average Bonchev–Trinajstić information content (AvgIpc) is 3.41. The molecule has 246 valence electrons. The first kappa shape index (κ1) is 35.5. The highest BCUT2D eigenvalue weighted by Gasteiger charge is 2.57. The van der Waals surface area contributed by atoms with Crippen molar-refractivity contribution in [2.24, 2.45) is 17.3 Å². The van der Waals surface area contributed by atoms with Gasteiger partial charge in [0.15, 0.2) is 5.41 Å². The molecule has 2 saturated heterocycles. The number of hydrogen-bond acceptors (Lipinski definition) is 5. The third kappa shape index (κ3) is 7.45. The van der Waals surface area contributed by atoms with E-state index in [0.29, 0.717) is 0 Å². The summed E-state index contributed by atoms with van der Waals surface area (Å²) in [4.78, 5) is 52.1. The van der Waals surface area contributed by atoms with Gasteiger partial charge in [0.1, 0.15) is 11.1 Å². The molecule has 2 aromatic rings. The van der Waals surface area contributed by atoms with E-state index in [2.05, 4.69) is 5.32 Å². The van der Waals surface area contributed by atoms with Gasteiger partial charge in [-0.05, 0) is 59.6 Å². The van der Waals surface area contributed by atoms with Crippen molar-refractivity contribution in [3.63, 3.8) is 0 Å². The maximum absolute atomic E-state index is 13.6. The standard InChI is InChI=1S/C19H27FN2O3.C15H18FNO3/c1-13(14-9-7-6-8-10-14)22-12-15(11-20)19(5,16(22)23)21-17(24)25-18(2,3)4;1-10(11-6-4-3-5-7-11)17-9-12(8-16)15(2,13(17)18)14(19)20/h6-10,13,15H,11-12H2,1-5H3,(H,21,24);3-7,10,12H,8-9H2,1-2H3,(H,19,20)/t13-,15+,19+;10-,12+,15+/m11/s1. The maximum Gasteiger partial charge on any atom is 0.408 e. The van der Waals surface area contributed by atoms with Crippen molar-refractivity contribution in [2.75, 3.05) is 26.4 Å². The molecule has 0 aliphatic carbocycles. The number of ether oxygens (including phenoxy) is 1. The number of carbonyl (C=O) groups is 4. The van der Waals surface area contributed by atoms with Gasteiger partial charge >= 0.3 is 12.1 Å². The maximum atomic E-state index is 13.6. The van der Waals surface area contributed by atoms with Crippen molar-refractivity contribution >= 4 is 23.9 Å². The lowest BCUT2D eigenvalue weighted by Crippen LogP contribution is -2.56. The molecular formula is C34H45F2N3O6. The lowest BCUT2D eigenvalue weighted by Gasteiger charge is -2.31. The first-order chi connectivity index (χ1) is 21.0. The van der Waals surface area contributed by atoms with Crippen LogP contribution in [0.4, 0.5) is 13.6 Å². The Bertz CT molecular complexity index is 1350. The number of carbonyl (C=O) groups excluding carboxylic acids is 3. The van der Waals surface area contributed by atoms with Crippen LogP contribution in [0.15, 0.2) is 60.7 Å². The normalized spacial score (nSPS) is 26.2. The zero-order chi connectivity index (χ0) is 33.7. The molecule has 2 aliphatic rings. The van der Waals surface area contributed by atoms with Crippen LogP contribution in [-0.4, -0.2) is 76.4 Å². The second-order valence-electron chi connectivity index (χ2n) is 13.1. The average molecular weight is 630 g/mol. The van der Waals surface area contributed by atoms with Gasteiger partial charge in [-0.15, -0.1) is 0 Å². The minimum Gasteiger partial charge on any atom is -0.480 e. The van der Waals surface area contributed by atoms with Crippen molar-refractivity contribution in [1.29, 1.82) is 0 Å². The van der Waals surface area contributed by atoms with E-state index < -0.39 is 59.7 Å². The van der Waals surface area contributed by atoms with Gasteiger partial charge in [0.05, 0.1) is 25.4 Å². The molecule has 2 heterocycles. The summed E-state index contributed by atoms with van der Waals surface area (Å²) < 4.78 is 32.0. The molecular weight excluding hydrogens is 584 g/mol. The predicted octanol–water partition coefficient (Wildman–Crippen LogP) is 5.73. The Morgan fingerprint density at radius 1 is 0.867 bits per heavy atom. The van der Waals surface area contributed by atoms with E-state index in [1.54, 1.807) is 32.6 Å². The summed E-state index contributed by atoms with van der Waals surface area (Å²) >= 11 is 0. The molecule has 3 amide bonds. The number of benzene rings is 2. The van der Waals surface area contributed by atoms with Gasteiger partial charge < -0.3 is 25.0 Å².